The topological polar surface area (TPSA) is 48.4 Å². The highest BCUT2D eigenvalue weighted by Gasteiger charge is 2.23. The van der Waals surface area contributed by atoms with Crippen molar-refractivity contribution < 1.29 is 23.0 Å². The van der Waals surface area contributed by atoms with Gasteiger partial charge in [0.2, 0.25) is 5.88 Å². The first-order valence-corrected chi connectivity index (χ1v) is 4.43. The Hall–Kier alpha value is -1.72. The molecule has 1 heterocycles. The van der Waals surface area contributed by atoms with Crippen molar-refractivity contribution in [1.29, 1.82) is 0 Å². The molecule has 0 aliphatic heterocycles. The van der Waals surface area contributed by atoms with Crippen LogP contribution in [0.4, 0.5) is 8.78 Å². The molecule has 0 saturated heterocycles. The average Bonchev–Trinajstić information content (AvgIpc) is 2.26. The Kier molecular flexibility index (Phi) is 3.76. The molecule has 0 spiro atoms. The first-order valence-electron chi connectivity index (χ1n) is 4.43. The van der Waals surface area contributed by atoms with Crippen molar-refractivity contribution in [3.8, 4) is 5.88 Å². The van der Waals surface area contributed by atoms with Gasteiger partial charge in [0.05, 0.1) is 31.0 Å². The molecule has 0 N–H and O–H groups in total. The normalized spacial score (nSPS) is 10.4. The fourth-order valence-electron chi connectivity index (χ4n) is 1.31. The van der Waals surface area contributed by atoms with Crippen molar-refractivity contribution in [2.24, 2.45) is 0 Å². The van der Waals surface area contributed by atoms with Crippen LogP contribution in [0, 0.1) is 6.92 Å². The van der Waals surface area contributed by atoms with Crippen LogP contribution in [0.1, 0.15) is 28.0 Å². The molecular formula is C10H11F2NO3. The fraction of sp³-hybridized carbons (Fsp3) is 0.400. The van der Waals surface area contributed by atoms with Gasteiger partial charge in [-0.2, -0.15) is 0 Å². The Morgan fingerprint density at radius 2 is 2.06 bits per heavy atom. The molecule has 6 heteroatoms. The number of hydrogen-bond donors (Lipinski definition) is 0. The standard InChI is InChI=1S/C10H11F2NO3/c1-5-8(9(11)12)6(10(14)16-3)4-7(13-5)15-2/h4,9H,1-3H3. The van der Waals surface area contributed by atoms with Crippen molar-refractivity contribution in [3.05, 3.63) is 22.9 Å². The Morgan fingerprint density at radius 1 is 1.44 bits per heavy atom. The lowest BCUT2D eigenvalue weighted by molar-refractivity contribution is 0.0588. The Bertz CT molecular complexity index is 407. The number of pyridine rings is 1. The SMILES string of the molecule is COC(=O)c1cc(OC)nc(C)c1C(F)F. The summed E-state index contributed by atoms with van der Waals surface area (Å²) in [6.45, 7) is 1.39. The van der Waals surface area contributed by atoms with Gasteiger partial charge in [-0.1, -0.05) is 0 Å². The highest BCUT2D eigenvalue weighted by atomic mass is 19.3. The Morgan fingerprint density at radius 3 is 2.50 bits per heavy atom. The summed E-state index contributed by atoms with van der Waals surface area (Å²) in [5, 5.41) is 0. The molecule has 0 aliphatic carbocycles. The molecule has 0 amide bonds. The number of hydrogen-bond acceptors (Lipinski definition) is 4. The van der Waals surface area contributed by atoms with E-state index in [4.69, 9.17) is 4.74 Å². The maximum Gasteiger partial charge on any atom is 0.338 e. The first kappa shape index (κ1) is 12.4. The predicted molar refractivity (Wildman–Crippen MR) is 51.8 cm³/mol. The smallest absolute Gasteiger partial charge is 0.338 e. The lowest BCUT2D eigenvalue weighted by atomic mass is 10.1. The summed E-state index contributed by atoms with van der Waals surface area (Å²) >= 11 is 0. The molecule has 0 aromatic carbocycles. The van der Waals surface area contributed by atoms with Crippen molar-refractivity contribution >= 4 is 5.97 Å². The van der Waals surface area contributed by atoms with Gasteiger partial charge < -0.3 is 9.47 Å². The zero-order valence-electron chi connectivity index (χ0n) is 9.08. The van der Waals surface area contributed by atoms with Crippen LogP contribution < -0.4 is 4.74 Å². The summed E-state index contributed by atoms with van der Waals surface area (Å²) in [6.07, 6.45) is -2.78. The van der Waals surface area contributed by atoms with Gasteiger partial charge >= 0.3 is 5.97 Å². The van der Waals surface area contributed by atoms with Crippen LogP contribution in [0.25, 0.3) is 0 Å². The molecule has 1 aromatic heterocycles. The third kappa shape index (κ3) is 2.26. The van der Waals surface area contributed by atoms with Gasteiger partial charge in [0, 0.05) is 6.07 Å². The molecule has 1 aromatic rings. The van der Waals surface area contributed by atoms with E-state index in [2.05, 4.69) is 9.72 Å². The molecular weight excluding hydrogens is 220 g/mol. The molecule has 0 saturated carbocycles. The number of halogens is 2. The molecule has 0 radical (unpaired) electrons. The quantitative estimate of drug-likeness (QED) is 0.747. The van der Waals surface area contributed by atoms with Gasteiger partial charge in [-0.05, 0) is 6.92 Å². The molecule has 0 unspecified atom stereocenters. The summed E-state index contributed by atoms with van der Waals surface area (Å²) in [4.78, 5) is 15.1. The lowest BCUT2D eigenvalue weighted by Crippen LogP contribution is -2.10. The van der Waals surface area contributed by atoms with E-state index in [1.165, 1.54) is 14.0 Å². The highest BCUT2D eigenvalue weighted by molar-refractivity contribution is 5.91. The van der Waals surface area contributed by atoms with Crippen LogP contribution in [-0.2, 0) is 4.74 Å². The van der Waals surface area contributed by atoms with E-state index in [1.807, 2.05) is 0 Å². The van der Waals surface area contributed by atoms with Gasteiger partial charge in [-0.3, -0.25) is 0 Å². The van der Waals surface area contributed by atoms with Gasteiger partial charge in [-0.25, -0.2) is 18.6 Å². The fourth-order valence-corrected chi connectivity index (χ4v) is 1.31. The molecule has 0 bridgehead atoms. The zero-order valence-corrected chi connectivity index (χ0v) is 9.08. The van der Waals surface area contributed by atoms with Crippen LogP contribution in [-0.4, -0.2) is 25.2 Å². The second-order valence-corrected chi connectivity index (χ2v) is 3.00. The highest BCUT2D eigenvalue weighted by Crippen LogP contribution is 2.28. The van der Waals surface area contributed by atoms with E-state index in [0.717, 1.165) is 13.2 Å². The molecule has 0 aliphatic rings. The lowest BCUT2D eigenvalue weighted by Gasteiger charge is -2.11. The van der Waals surface area contributed by atoms with Gasteiger partial charge in [0.25, 0.3) is 6.43 Å². The summed E-state index contributed by atoms with van der Waals surface area (Å²) in [6, 6.07) is 1.14. The van der Waals surface area contributed by atoms with Crippen LogP contribution >= 0.6 is 0 Å². The third-order valence-corrected chi connectivity index (χ3v) is 2.06. The van der Waals surface area contributed by atoms with E-state index in [1.54, 1.807) is 0 Å². The molecule has 16 heavy (non-hydrogen) atoms. The summed E-state index contributed by atoms with van der Waals surface area (Å²) < 4.78 is 34.7. The summed E-state index contributed by atoms with van der Waals surface area (Å²) in [5.41, 5.74) is -0.593. The van der Waals surface area contributed by atoms with Crippen molar-refractivity contribution in [3.63, 3.8) is 0 Å². The molecule has 88 valence electrons. The maximum atomic E-state index is 12.7. The van der Waals surface area contributed by atoms with Crippen LogP contribution in [0.3, 0.4) is 0 Å². The second kappa shape index (κ2) is 4.87. The molecule has 1 rings (SSSR count). The Balaban J connectivity index is 3.40. The Labute approximate surface area is 91.2 Å². The minimum absolute atomic E-state index is 0.0507. The van der Waals surface area contributed by atoms with E-state index in [0.29, 0.717) is 0 Å². The van der Waals surface area contributed by atoms with E-state index in [9.17, 15) is 13.6 Å². The van der Waals surface area contributed by atoms with E-state index in [-0.39, 0.29) is 17.1 Å². The first-order chi connectivity index (χ1) is 7.51. The largest absolute Gasteiger partial charge is 0.481 e. The number of ether oxygens (including phenoxy) is 2. The van der Waals surface area contributed by atoms with Crippen molar-refractivity contribution in [2.75, 3.05) is 14.2 Å². The number of aromatic nitrogens is 1. The van der Waals surface area contributed by atoms with Crippen LogP contribution in [0.2, 0.25) is 0 Å². The number of alkyl halides is 2. The maximum absolute atomic E-state index is 12.7. The number of esters is 1. The average molecular weight is 231 g/mol. The number of rotatable bonds is 3. The van der Waals surface area contributed by atoms with E-state index >= 15 is 0 Å². The van der Waals surface area contributed by atoms with Gasteiger partial charge in [-0.15, -0.1) is 0 Å². The molecule has 0 atom stereocenters. The van der Waals surface area contributed by atoms with Crippen LogP contribution in [0.15, 0.2) is 6.07 Å². The van der Waals surface area contributed by atoms with Crippen molar-refractivity contribution in [1.82, 2.24) is 4.98 Å². The predicted octanol–water partition coefficient (Wildman–Crippen LogP) is 2.12. The number of aryl methyl sites for hydroxylation is 1. The van der Waals surface area contributed by atoms with Crippen molar-refractivity contribution in [2.45, 2.75) is 13.3 Å². The van der Waals surface area contributed by atoms with E-state index < -0.39 is 18.0 Å². The zero-order chi connectivity index (χ0) is 12.3. The number of nitrogens with zero attached hydrogens (tertiary/aromatic N) is 1. The molecule has 4 nitrogen and oxygen atoms in total. The number of methoxy groups -OCH3 is 2. The minimum Gasteiger partial charge on any atom is -0.481 e. The second-order valence-electron chi connectivity index (χ2n) is 3.00. The van der Waals surface area contributed by atoms with Crippen LogP contribution in [0.5, 0.6) is 5.88 Å². The number of carbonyl (C=O) groups is 1. The minimum atomic E-state index is -2.78. The van der Waals surface area contributed by atoms with Gasteiger partial charge in [0.1, 0.15) is 0 Å². The van der Waals surface area contributed by atoms with Gasteiger partial charge in [0.15, 0.2) is 0 Å². The number of carbonyl (C=O) groups excluding carboxylic acids is 1. The monoisotopic (exact) mass is 231 g/mol. The third-order valence-electron chi connectivity index (χ3n) is 2.06. The summed E-state index contributed by atoms with van der Waals surface area (Å²) in [5.74, 6) is -0.735. The molecule has 0 fully saturated rings. The summed E-state index contributed by atoms with van der Waals surface area (Å²) in [7, 11) is 2.46.